The molecule has 0 saturated carbocycles. The molecule has 0 amide bonds. The lowest BCUT2D eigenvalue weighted by Crippen LogP contribution is -2.12. The van der Waals surface area contributed by atoms with Gasteiger partial charge in [0.1, 0.15) is 6.20 Å². The molecule has 0 radical (unpaired) electrons. The van der Waals surface area contributed by atoms with E-state index in [4.69, 9.17) is 11.6 Å². The third-order valence-corrected chi connectivity index (χ3v) is 3.57. The van der Waals surface area contributed by atoms with Gasteiger partial charge in [-0.1, -0.05) is 6.92 Å². The highest BCUT2D eigenvalue weighted by Crippen LogP contribution is 2.24. The van der Waals surface area contributed by atoms with Gasteiger partial charge < -0.3 is 5.32 Å². The number of halogens is 1. The van der Waals surface area contributed by atoms with Crippen LogP contribution in [0.25, 0.3) is 0 Å². The Hall–Kier alpha value is -1.80. The second-order valence-electron chi connectivity index (χ2n) is 3.78. The van der Waals surface area contributed by atoms with E-state index in [9.17, 15) is 10.1 Å². The second kappa shape index (κ2) is 5.89. The van der Waals surface area contributed by atoms with Crippen molar-refractivity contribution in [1.29, 1.82) is 0 Å². The molecule has 0 bridgehead atoms. The summed E-state index contributed by atoms with van der Waals surface area (Å²) in [7, 11) is 0. The molecule has 100 valence electrons. The highest BCUT2D eigenvalue weighted by molar-refractivity contribution is 7.09. The van der Waals surface area contributed by atoms with Gasteiger partial charge in [-0.3, -0.25) is 10.1 Å². The summed E-state index contributed by atoms with van der Waals surface area (Å²) in [6, 6.07) is 0. The normalized spacial score (nSPS) is 12.1. The van der Waals surface area contributed by atoms with Gasteiger partial charge in [-0.15, -0.1) is 11.3 Å². The second-order valence-corrected chi connectivity index (χ2v) is 5.05. The number of aromatic nitrogens is 3. The van der Waals surface area contributed by atoms with Crippen LogP contribution in [0.5, 0.6) is 0 Å². The van der Waals surface area contributed by atoms with E-state index in [1.165, 1.54) is 11.3 Å². The van der Waals surface area contributed by atoms with E-state index < -0.39 is 4.92 Å². The lowest BCUT2D eigenvalue weighted by atomic mass is 10.2. The molecule has 1 N–H and O–H groups in total. The van der Waals surface area contributed by atoms with E-state index in [1.807, 2.05) is 12.3 Å². The van der Waals surface area contributed by atoms with E-state index in [1.54, 1.807) is 6.20 Å². The fourth-order valence-corrected chi connectivity index (χ4v) is 2.26. The minimum Gasteiger partial charge on any atom is -0.364 e. The molecule has 2 aromatic heterocycles. The Morgan fingerprint density at radius 3 is 3.00 bits per heavy atom. The number of nitro groups is 1. The van der Waals surface area contributed by atoms with E-state index >= 15 is 0 Å². The Kier molecular flexibility index (Phi) is 4.23. The maximum Gasteiger partial charge on any atom is 0.329 e. The molecule has 19 heavy (non-hydrogen) atoms. The van der Waals surface area contributed by atoms with Crippen LogP contribution in [0, 0.1) is 10.1 Å². The van der Waals surface area contributed by atoms with Gasteiger partial charge in [0, 0.05) is 24.0 Å². The van der Waals surface area contributed by atoms with Gasteiger partial charge >= 0.3 is 5.69 Å². The van der Waals surface area contributed by atoms with Gasteiger partial charge in [0.05, 0.1) is 9.93 Å². The Morgan fingerprint density at radius 2 is 2.37 bits per heavy atom. The fourth-order valence-electron chi connectivity index (χ4n) is 1.43. The largest absolute Gasteiger partial charge is 0.364 e. The van der Waals surface area contributed by atoms with Crippen LogP contribution in [0.1, 0.15) is 17.8 Å². The number of nitrogens with zero attached hydrogens (tertiary/aromatic N) is 4. The Bertz CT molecular complexity index is 577. The smallest absolute Gasteiger partial charge is 0.329 e. The zero-order valence-electron chi connectivity index (χ0n) is 9.91. The molecule has 1 unspecified atom stereocenters. The molecular formula is C10H10ClN5O2S. The topological polar surface area (TPSA) is 93.8 Å². The average molecular weight is 300 g/mol. The monoisotopic (exact) mass is 299 g/mol. The van der Waals surface area contributed by atoms with Crippen molar-refractivity contribution in [3.05, 3.63) is 38.2 Å². The molecule has 7 nitrogen and oxygen atoms in total. The van der Waals surface area contributed by atoms with Crippen LogP contribution in [0.3, 0.4) is 0 Å². The van der Waals surface area contributed by atoms with E-state index in [2.05, 4.69) is 20.3 Å². The number of nitrogens with one attached hydrogen (secondary N) is 1. The summed E-state index contributed by atoms with van der Waals surface area (Å²) < 4.78 is 0. The van der Waals surface area contributed by atoms with Crippen molar-refractivity contribution >= 4 is 34.4 Å². The highest BCUT2D eigenvalue weighted by atomic mass is 35.5. The maximum atomic E-state index is 10.8. The summed E-state index contributed by atoms with van der Waals surface area (Å²) in [5.41, 5.74) is -0.198. The molecule has 1 atom stereocenters. The first kappa shape index (κ1) is 13.6. The molecule has 2 heterocycles. The molecule has 0 spiro atoms. The predicted octanol–water partition coefficient (Wildman–Crippen LogP) is 2.71. The summed E-state index contributed by atoms with van der Waals surface area (Å²) in [5, 5.41) is 16.6. The SMILES string of the molecule is CC(CNc1nc(Cl)ncc1[N+](=O)[O-])c1nccs1. The summed E-state index contributed by atoms with van der Waals surface area (Å²) in [4.78, 5) is 21.9. The summed E-state index contributed by atoms with van der Waals surface area (Å²) in [5.74, 6) is 0.238. The third kappa shape index (κ3) is 3.36. The average Bonchev–Trinajstić information content (AvgIpc) is 2.89. The Labute approximate surface area is 117 Å². The number of hydrogen-bond donors (Lipinski definition) is 1. The molecule has 2 rings (SSSR count). The lowest BCUT2D eigenvalue weighted by Gasteiger charge is -2.10. The molecular weight excluding hydrogens is 290 g/mol. The Balaban J connectivity index is 2.10. The van der Waals surface area contributed by atoms with Crippen molar-refractivity contribution in [3.8, 4) is 0 Å². The van der Waals surface area contributed by atoms with E-state index in [0.29, 0.717) is 6.54 Å². The van der Waals surface area contributed by atoms with E-state index in [-0.39, 0.29) is 22.7 Å². The van der Waals surface area contributed by atoms with Gasteiger partial charge in [-0.2, -0.15) is 4.98 Å². The molecule has 0 aliphatic carbocycles. The van der Waals surface area contributed by atoms with Crippen LogP contribution in [0.4, 0.5) is 11.5 Å². The molecule has 0 fully saturated rings. The summed E-state index contributed by atoms with van der Waals surface area (Å²) >= 11 is 7.18. The van der Waals surface area contributed by atoms with Crippen LogP contribution in [-0.2, 0) is 0 Å². The molecule has 2 aromatic rings. The van der Waals surface area contributed by atoms with Crippen molar-refractivity contribution in [2.75, 3.05) is 11.9 Å². The van der Waals surface area contributed by atoms with Gasteiger partial charge in [0.15, 0.2) is 0 Å². The lowest BCUT2D eigenvalue weighted by molar-refractivity contribution is -0.384. The first-order valence-corrected chi connectivity index (χ1v) is 6.64. The fraction of sp³-hybridized carbons (Fsp3) is 0.300. The van der Waals surface area contributed by atoms with Crippen molar-refractivity contribution in [2.45, 2.75) is 12.8 Å². The third-order valence-electron chi connectivity index (χ3n) is 2.39. The van der Waals surface area contributed by atoms with Crippen molar-refractivity contribution < 1.29 is 4.92 Å². The number of rotatable bonds is 5. The molecule has 0 aliphatic rings. The van der Waals surface area contributed by atoms with Crippen LogP contribution in [-0.4, -0.2) is 26.4 Å². The molecule has 0 aromatic carbocycles. The van der Waals surface area contributed by atoms with Gasteiger partial charge in [0.2, 0.25) is 11.1 Å². The van der Waals surface area contributed by atoms with Crippen LogP contribution < -0.4 is 5.32 Å². The molecule has 9 heteroatoms. The molecule has 0 saturated heterocycles. The maximum absolute atomic E-state index is 10.8. The van der Waals surface area contributed by atoms with E-state index in [0.717, 1.165) is 11.2 Å². The summed E-state index contributed by atoms with van der Waals surface area (Å²) in [6.07, 6.45) is 2.81. The molecule has 0 aliphatic heterocycles. The number of thiazole rings is 1. The van der Waals surface area contributed by atoms with Crippen molar-refractivity contribution in [3.63, 3.8) is 0 Å². The zero-order valence-corrected chi connectivity index (χ0v) is 11.5. The first-order chi connectivity index (χ1) is 9.08. The highest BCUT2D eigenvalue weighted by Gasteiger charge is 2.18. The number of hydrogen-bond acceptors (Lipinski definition) is 7. The predicted molar refractivity (Wildman–Crippen MR) is 72.7 cm³/mol. The van der Waals surface area contributed by atoms with Crippen LogP contribution in [0.2, 0.25) is 5.28 Å². The van der Waals surface area contributed by atoms with Gasteiger partial charge in [-0.05, 0) is 11.6 Å². The van der Waals surface area contributed by atoms with Crippen LogP contribution in [0.15, 0.2) is 17.8 Å². The standard InChI is InChI=1S/C10H10ClN5O2S/c1-6(9-12-2-3-19-9)4-13-8-7(16(17)18)5-14-10(11)15-8/h2-3,5-6H,4H2,1H3,(H,13,14,15). The van der Waals surface area contributed by atoms with Crippen LogP contribution >= 0.6 is 22.9 Å². The van der Waals surface area contributed by atoms with Gasteiger partial charge in [-0.25, -0.2) is 9.97 Å². The van der Waals surface area contributed by atoms with Crippen molar-refractivity contribution in [2.24, 2.45) is 0 Å². The Morgan fingerprint density at radius 1 is 1.58 bits per heavy atom. The first-order valence-electron chi connectivity index (χ1n) is 5.38. The minimum atomic E-state index is -0.549. The summed E-state index contributed by atoms with van der Waals surface area (Å²) in [6.45, 7) is 2.45. The van der Waals surface area contributed by atoms with Gasteiger partial charge in [0.25, 0.3) is 0 Å². The zero-order chi connectivity index (χ0) is 13.8. The van der Waals surface area contributed by atoms with Crippen molar-refractivity contribution in [1.82, 2.24) is 15.0 Å². The minimum absolute atomic E-state index is 0.0324. The number of anilines is 1. The quantitative estimate of drug-likeness (QED) is 0.518.